The van der Waals surface area contributed by atoms with E-state index in [-0.39, 0.29) is 11.5 Å². The van der Waals surface area contributed by atoms with Crippen LogP contribution in [0.4, 0.5) is 0 Å². The zero-order valence-corrected chi connectivity index (χ0v) is 15.6. The maximum Gasteiger partial charge on any atom is 0.262 e. The van der Waals surface area contributed by atoms with Gasteiger partial charge in [0.05, 0.1) is 18.2 Å². The summed E-state index contributed by atoms with van der Waals surface area (Å²) in [4.78, 5) is 37.9. The third kappa shape index (κ3) is 3.95. The van der Waals surface area contributed by atoms with Gasteiger partial charge in [-0.3, -0.25) is 19.3 Å². The minimum absolute atomic E-state index is 0.275. The van der Waals surface area contributed by atoms with Gasteiger partial charge in [-0.05, 0) is 31.0 Å². The van der Waals surface area contributed by atoms with Gasteiger partial charge in [0.1, 0.15) is 11.8 Å². The summed E-state index contributed by atoms with van der Waals surface area (Å²) in [6.45, 7) is 8.11. The Hall–Kier alpha value is -2.63. The van der Waals surface area contributed by atoms with E-state index in [1.54, 1.807) is 12.1 Å². The number of amides is 3. The van der Waals surface area contributed by atoms with Crippen molar-refractivity contribution in [2.75, 3.05) is 7.11 Å². The molecule has 3 amide bonds. The molecule has 2 heterocycles. The predicted molar refractivity (Wildman–Crippen MR) is 99.0 cm³/mol. The summed E-state index contributed by atoms with van der Waals surface area (Å²) >= 11 is 0. The van der Waals surface area contributed by atoms with E-state index >= 15 is 0 Å². The zero-order valence-electron chi connectivity index (χ0n) is 15.6. The van der Waals surface area contributed by atoms with Gasteiger partial charge in [-0.15, -0.1) is 0 Å². The fourth-order valence-corrected chi connectivity index (χ4v) is 3.01. The molecule has 0 radical (unpaired) electrons. The molecule has 6 nitrogen and oxygen atoms in total. The number of allylic oxidation sites excluding steroid dienone is 1. The molecule has 1 fully saturated rings. The second kappa shape index (κ2) is 8.65. The minimum atomic E-state index is -0.783. The molecular formula is C20H26N2O4. The van der Waals surface area contributed by atoms with Crippen LogP contribution in [0.2, 0.25) is 0 Å². The highest BCUT2D eigenvalue weighted by molar-refractivity contribution is 6.23. The molecule has 0 aromatic heterocycles. The lowest BCUT2D eigenvalue weighted by atomic mass is 10.0. The van der Waals surface area contributed by atoms with E-state index in [0.717, 1.165) is 4.90 Å². The van der Waals surface area contributed by atoms with E-state index in [4.69, 9.17) is 4.74 Å². The van der Waals surface area contributed by atoms with Crippen molar-refractivity contribution in [1.29, 1.82) is 0 Å². The van der Waals surface area contributed by atoms with Crippen molar-refractivity contribution in [3.05, 3.63) is 41.6 Å². The number of ether oxygens (including phenoxy) is 1. The normalized spacial score (nSPS) is 18.9. The van der Waals surface area contributed by atoms with Gasteiger partial charge in [0.2, 0.25) is 5.91 Å². The van der Waals surface area contributed by atoms with Gasteiger partial charge in [-0.2, -0.15) is 0 Å². The third-order valence-corrected chi connectivity index (χ3v) is 4.47. The third-order valence-electron chi connectivity index (χ3n) is 4.47. The highest BCUT2D eigenvalue weighted by Gasteiger charge is 2.43. The van der Waals surface area contributed by atoms with E-state index in [1.807, 2.05) is 0 Å². The molecule has 3 rings (SSSR count). The van der Waals surface area contributed by atoms with Gasteiger partial charge in [0.25, 0.3) is 11.8 Å². The molecule has 0 bridgehead atoms. The van der Waals surface area contributed by atoms with Crippen LogP contribution in [0.15, 0.2) is 30.5 Å². The van der Waals surface area contributed by atoms with Crippen LogP contribution in [-0.2, 0) is 4.79 Å². The highest BCUT2D eigenvalue weighted by atomic mass is 16.5. The minimum Gasteiger partial charge on any atom is -0.497 e. The first-order valence-corrected chi connectivity index (χ1v) is 8.99. The maximum absolute atomic E-state index is 12.4. The van der Waals surface area contributed by atoms with Crippen LogP contribution in [0.25, 0.3) is 0 Å². The number of imide groups is 1. The average Bonchev–Trinajstić information content (AvgIpc) is 2.87. The van der Waals surface area contributed by atoms with Crippen LogP contribution in [0, 0.1) is 0 Å². The molecule has 140 valence electrons. The molecule has 0 spiro atoms. The lowest BCUT2D eigenvalue weighted by molar-refractivity contribution is -0.125. The molecule has 1 saturated heterocycles. The number of hydrogen-bond donors (Lipinski definition) is 1. The summed E-state index contributed by atoms with van der Waals surface area (Å²) in [7, 11) is 1.49. The van der Waals surface area contributed by atoms with Gasteiger partial charge < -0.3 is 10.1 Å². The number of nitrogens with zero attached hydrogens (tertiary/aromatic N) is 1. The Balaban J connectivity index is 0.000000431. The monoisotopic (exact) mass is 358 g/mol. The molecule has 1 aromatic carbocycles. The van der Waals surface area contributed by atoms with Crippen molar-refractivity contribution in [2.24, 2.45) is 0 Å². The lowest BCUT2D eigenvalue weighted by Crippen LogP contribution is -2.51. The van der Waals surface area contributed by atoms with Gasteiger partial charge in [0, 0.05) is 5.70 Å². The number of hydrogen-bond acceptors (Lipinski definition) is 4. The van der Waals surface area contributed by atoms with Crippen LogP contribution < -0.4 is 10.1 Å². The first-order valence-electron chi connectivity index (χ1n) is 8.99. The quantitative estimate of drug-likeness (QED) is 0.838. The van der Waals surface area contributed by atoms with Crippen molar-refractivity contribution in [3.63, 3.8) is 0 Å². The Bertz CT molecular complexity index is 725. The van der Waals surface area contributed by atoms with Crippen molar-refractivity contribution >= 4 is 17.7 Å². The van der Waals surface area contributed by atoms with Gasteiger partial charge >= 0.3 is 0 Å². The van der Waals surface area contributed by atoms with E-state index < -0.39 is 17.9 Å². The van der Waals surface area contributed by atoms with Gasteiger partial charge in [-0.25, -0.2) is 0 Å². The standard InChI is InChI=1S/C15H14N2O4.C5H12/c1-8-3-6-12(13(18)16-8)17-14(19)10-5-4-9(21-2)7-11(10)15(17)20;1-3-5-4-2/h4-5,7,12H,1,3,6H2,2H3,(H,16,18);3-5H2,1-2H3. The number of rotatable bonds is 4. The molecule has 0 aliphatic carbocycles. The second-order valence-corrected chi connectivity index (χ2v) is 6.39. The zero-order chi connectivity index (χ0) is 19.3. The molecule has 1 N–H and O–H groups in total. The smallest absolute Gasteiger partial charge is 0.262 e. The van der Waals surface area contributed by atoms with E-state index in [2.05, 4.69) is 25.7 Å². The van der Waals surface area contributed by atoms with Crippen LogP contribution in [-0.4, -0.2) is 35.8 Å². The largest absolute Gasteiger partial charge is 0.497 e. The number of piperidine rings is 1. The number of carbonyl (C=O) groups excluding carboxylic acids is 3. The summed E-state index contributed by atoms with van der Waals surface area (Å²) in [5.41, 5.74) is 1.18. The fourth-order valence-electron chi connectivity index (χ4n) is 3.01. The Morgan fingerprint density at radius 3 is 2.35 bits per heavy atom. The first-order chi connectivity index (χ1) is 12.4. The average molecular weight is 358 g/mol. The fraction of sp³-hybridized carbons (Fsp3) is 0.450. The molecular weight excluding hydrogens is 332 g/mol. The summed E-state index contributed by atoms with van der Waals surface area (Å²) < 4.78 is 5.07. The topological polar surface area (TPSA) is 75.7 Å². The molecule has 2 aliphatic rings. The summed E-state index contributed by atoms with van der Waals surface area (Å²) in [5.74, 6) is -0.766. The molecule has 1 unspecified atom stereocenters. The Labute approximate surface area is 154 Å². The number of fused-ring (bicyclic) bond motifs is 1. The van der Waals surface area contributed by atoms with E-state index in [9.17, 15) is 14.4 Å². The highest BCUT2D eigenvalue weighted by Crippen LogP contribution is 2.30. The summed E-state index contributed by atoms with van der Waals surface area (Å²) in [6, 6.07) is 3.91. The van der Waals surface area contributed by atoms with Gasteiger partial charge in [-0.1, -0.05) is 39.7 Å². The molecule has 6 heteroatoms. The molecule has 1 aromatic rings. The number of unbranched alkanes of at least 4 members (excludes halogenated alkanes) is 2. The van der Waals surface area contributed by atoms with Crippen molar-refractivity contribution in [3.8, 4) is 5.75 Å². The van der Waals surface area contributed by atoms with Crippen LogP contribution in [0.1, 0.15) is 66.7 Å². The number of nitrogens with one attached hydrogen (secondary N) is 1. The molecule has 0 saturated carbocycles. The number of methoxy groups -OCH3 is 1. The van der Waals surface area contributed by atoms with Crippen molar-refractivity contribution in [1.82, 2.24) is 10.2 Å². The lowest BCUT2D eigenvalue weighted by Gasteiger charge is -2.29. The van der Waals surface area contributed by atoms with Crippen LogP contribution in [0.3, 0.4) is 0 Å². The molecule has 1 atom stereocenters. The van der Waals surface area contributed by atoms with Gasteiger partial charge in [0.15, 0.2) is 0 Å². The van der Waals surface area contributed by atoms with E-state index in [0.29, 0.717) is 29.9 Å². The predicted octanol–water partition coefficient (Wildman–Crippen LogP) is 3.28. The van der Waals surface area contributed by atoms with E-state index in [1.165, 1.54) is 32.4 Å². The number of carbonyl (C=O) groups is 3. The number of benzene rings is 1. The first kappa shape index (κ1) is 19.7. The Morgan fingerprint density at radius 2 is 1.81 bits per heavy atom. The van der Waals surface area contributed by atoms with Crippen LogP contribution in [0.5, 0.6) is 5.75 Å². The van der Waals surface area contributed by atoms with Crippen molar-refractivity contribution < 1.29 is 19.1 Å². The summed E-state index contributed by atoms with van der Waals surface area (Å²) in [6.07, 6.45) is 5.02. The Kier molecular flexibility index (Phi) is 6.55. The maximum atomic E-state index is 12.4. The summed E-state index contributed by atoms with van der Waals surface area (Å²) in [5, 5.41) is 2.59. The molecule has 26 heavy (non-hydrogen) atoms. The second-order valence-electron chi connectivity index (χ2n) is 6.39. The van der Waals surface area contributed by atoms with Crippen molar-refractivity contribution in [2.45, 2.75) is 52.0 Å². The Morgan fingerprint density at radius 1 is 1.15 bits per heavy atom. The SMILES string of the molecule is C=C1CCC(N2C(=O)c3ccc(OC)cc3C2=O)C(=O)N1.CCCCC. The van der Waals surface area contributed by atoms with Crippen LogP contribution >= 0.6 is 0 Å². The molecule has 2 aliphatic heterocycles.